The Hall–Kier alpha value is -2.48. The number of anilines is 2. The van der Waals surface area contributed by atoms with Crippen molar-refractivity contribution in [3.63, 3.8) is 0 Å². The molecule has 8 heteroatoms. The number of thiazole rings is 1. The van der Waals surface area contributed by atoms with E-state index in [9.17, 15) is 9.59 Å². The molecular formula is C21H19ClN4O2S. The lowest BCUT2D eigenvalue weighted by atomic mass is 10.2. The highest BCUT2D eigenvalue weighted by molar-refractivity contribution is 7.22. The van der Waals surface area contributed by atoms with Crippen LogP contribution in [0, 0.1) is 0 Å². The zero-order chi connectivity index (χ0) is 20.0. The number of carbonyl (C=O) groups is 2. The van der Waals surface area contributed by atoms with E-state index in [4.69, 9.17) is 16.6 Å². The summed E-state index contributed by atoms with van der Waals surface area (Å²) >= 11 is 7.62. The SMILES string of the molecule is O=C1C[C@@H](N2CCN(c3nc4ccccc4s3)CC2)C(=O)N1c1ccc(Cl)cc1. The molecule has 0 radical (unpaired) electrons. The number of imide groups is 1. The number of aromatic nitrogens is 1. The third kappa shape index (κ3) is 3.39. The lowest BCUT2D eigenvalue weighted by molar-refractivity contribution is -0.123. The Labute approximate surface area is 177 Å². The Morgan fingerprint density at radius 3 is 2.41 bits per heavy atom. The molecule has 5 rings (SSSR count). The monoisotopic (exact) mass is 426 g/mol. The van der Waals surface area contributed by atoms with Crippen molar-refractivity contribution in [1.29, 1.82) is 0 Å². The minimum absolute atomic E-state index is 0.147. The van der Waals surface area contributed by atoms with Gasteiger partial charge in [0.25, 0.3) is 5.91 Å². The van der Waals surface area contributed by atoms with Crippen LogP contribution in [0.5, 0.6) is 0 Å². The molecule has 0 saturated carbocycles. The number of amides is 2. The van der Waals surface area contributed by atoms with E-state index in [1.54, 1.807) is 35.6 Å². The zero-order valence-electron chi connectivity index (χ0n) is 15.6. The number of halogens is 1. The van der Waals surface area contributed by atoms with E-state index in [0.29, 0.717) is 10.7 Å². The van der Waals surface area contributed by atoms with Gasteiger partial charge >= 0.3 is 0 Å². The average Bonchev–Trinajstić information content (AvgIpc) is 3.30. The van der Waals surface area contributed by atoms with Gasteiger partial charge in [0.15, 0.2) is 5.13 Å². The van der Waals surface area contributed by atoms with Gasteiger partial charge in [0.2, 0.25) is 5.91 Å². The predicted octanol–water partition coefficient (Wildman–Crippen LogP) is 3.40. The molecule has 0 N–H and O–H groups in total. The van der Waals surface area contributed by atoms with Gasteiger partial charge in [-0.1, -0.05) is 35.1 Å². The van der Waals surface area contributed by atoms with E-state index >= 15 is 0 Å². The fourth-order valence-electron chi connectivity index (χ4n) is 3.98. The van der Waals surface area contributed by atoms with Crippen molar-refractivity contribution in [2.45, 2.75) is 12.5 Å². The molecular weight excluding hydrogens is 408 g/mol. The van der Waals surface area contributed by atoms with Crippen LogP contribution in [-0.2, 0) is 9.59 Å². The second-order valence-corrected chi connectivity index (χ2v) is 8.70. The molecule has 6 nitrogen and oxygen atoms in total. The number of benzene rings is 2. The number of carbonyl (C=O) groups excluding carboxylic acids is 2. The Kier molecular flexibility index (Phi) is 4.73. The number of fused-ring (bicyclic) bond motifs is 1. The average molecular weight is 427 g/mol. The molecule has 2 amide bonds. The van der Waals surface area contributed by atoms with Crippen LogP contribution in [-0.4, -0.2) is 53.9 Å². The lowest BCUT2D eigenvalue weighted by Crippen LogP contribution is -2.52. The van der Waals surface area contributed by atoms with Gasteiger partial charge in [0.1, 0.15) is 0 Å². The second-order valence-electron chi connectivity index (χ2n) is 7.25. The summed E-state index contributed by atoms with van der Waals surface area (Å²) in [4.78, 5) is 35.9. The zero-order valence-corrected chi connectivity index (χ0v) is 17.2. The Morgan fingerprint density at radius 2 is 1.69 bits per heavy atom. The molecule has 2 aromatic carbocycles. The van der Waals surface area contributed by atoms with Gasteiger partial charge in [-0.2, -0.15) is 0 Å². The standard InChI is InChI=1S/C21H19ClN4O2S/c22-14-5-7-15(8-6-14)26-19(27)13-17(20(26)28)24-9-11-25(12-10-24)21-23-16-3-1-2-4-18(16)29-21/h1-8,17H,9-13H2/t17-/m1/s1. The van der Waals surface area contributed by atoms with Crippen LogP contribution in [0.15, 0.2) is 48.5 Å². The van der Waals surface area contributed by atoms with Gasteiger partial charge in [-0.05, 0) is 36.4 Å². The minimum atomic E-state index is -0.393. The third-order valence-electron chi connectivity index (χ3n) is 5.52. The van der Waals surface area contributed by atoms with Crippen LogP contribution >= 0.6 is 22.9 Å². The van der Waals surface area contributed by atoms with Gasteiger partial charge in [0, 0.05) is 31.2 Å². The number of para-hydroxylation sites is 1. The van der Waals surface area contributed by atoms with Crippen molar-refractivity contribution in [3.05, 3.63) is 53.6 Å². The lowest BCUT2D eigenvalue weighted by Gasteiger charge is -2.36. The second kappa shape index (κ2) is 7.40. The van der Waals surface area contributed by atoms with Crippen LogP contribution < -0.4 is 9.80 Å². The van der Waals surface area contributed by atoms with E-state index in [2.05, 4.69) is 15.9 Å². The van der Waals surface area contributed by atoms with Crippen LogP contribution in [0.3, 0.4) is 0 Å². The first-order valence-electron chi connectivity index (χ1n) is 9.57. The van der Waals surface area contributed by atoms with Crippen LogP contribution in [0.4, 0.5) is 10.8 Å². The molecule has 1 atom stereocenters. The van der Waals surface area contributed by atoms with Crippen molar-refractivity contribution in [1.82, 2.24) is 9.88 Å². The maximum atomic E-state index is 13.0. The van der Waals surface area contributed by atoms with E-state index in [1.165, 1.54) is 9.60 Å². The fraction of sp³-hybridized carbons (Fsp3) is 0.286. The van der Waals surface area contributed by atoms with Crippen LogP contribution in [0.1, 0.15) is 6.42 Å². The number of hydrogen-bond acceptors (Lipinski definition) is 6. The minimum Gasteiger partial charge on any atom is -0.345 e. The van der Waals surface area contributed by atoms with Gasteiger partial charge in [-0.3, -0.25) is 14.5 Å². The summed E-state index contributed by atoms with van der Waals surface area (Å²) in [5, 5.41) is 1.60. The van der Waals surface area contributed by atoms with E-state index in [0.717, 1.165) is 36.8 Å². The summed E-state index contributed by atoms with van der Waals surface area (Å²) in [5.74, 6) is -0.304. The number of hydrogen-bond donors (Lipinski definition) is 0. The molecule has 2 saturated heterocycles. The van der Waals surface area contributed by atoms with Crippen molar-refractivity contribution < 1.29 is 9.59 Å². The van der Waals surface area contributed by atoms with E-state index in [1.807, 2.05) is 18.2 Å². The molecule has 2 aliphatic heterocycles. The number of piperazine rings is 1. The Bertz CT molecular complexity index is 1040. The highest BCUT2D eigenvalue weighted by Gasteiger charge is 2.43. The third-order valence-corrected chi connectivity index (χ3v) is 6.86. The predicted molar refractivity (Wildman–Crippen MR) is 116 cm³/mol. The first-order chi connectivity index (χ1) is 14.1. The van der Waals surface area contributed by atoms with Crippen LogP contribution in [0.2, 0.25) is 5.02 Å². The molecule has 3 aromatic rings. The normalized spacial score (nSPS) is 20.8. The van der Waals surface area contributed by atoms with Gasteiger partial charge in [-0.15, -0.1) is 0 Å². The number of nitrogens with zero attached hydrogens (tertiary/aromatic N) is 4. The first kappa shape index (κ1) is 18.5. The Morgan fingerprint density at radius 1 is 0.966 bits per heavy atom. The van der Waals surface area contributed by atoms with Crippen molar-refractivity contribution >= 4 is 55.8 Å². The summed E-state index contributed by atoms with van der Waals surface area (Å²) in [7, 11) is 0. The fourth-order valence-corrected chi connectivity index (χ4v) is 5.13. The maximum Gasteiger partial charge on any atom is 0.251 e. The summed E-state index contributed by atoms with van der Waals surface area (Å²) in [5.41, 5.74) is 1.60. The molecule has 148 valence electrons. The largest absolute Gasteiger partial charge is 0.345 e. The smallest absolute Gasteiger partial charge is 0.251 e. The molecule has 29 heavy (non-hydrogen) atoms. The first-order valence-corrected chi connectivity index (χ1v) is 10.8. The van der Waals surface area contributed by atoms with Gasteiger partial charge in [0.05, 0.1) is 28.4 Å². The van der Waals surface area contributed by atoms with Gasteiger partial charge in [-0.25, -0.2) is 9.88 Å². The molecule has 0 bridgehead atoms. The summed E-state index contributed by atoms with van der Waals surface area (Å²) in [6.07, 6.45) is 0.225. The molecule has 2 fully saturated rings. The van der Waals surface area contributed by atoms with E-state index in [-0.39, 0.29) is 18.2 Å². The van der Waals surface area contributed by atoms with Crippen molar-refractivity contribution in [2.24, 2.45) is 0 Å². The molecule has 0 spiro atoms. The molecule has 2 aliphatic rings. The Balaban J connectivity index is 1.27. The summed E-state index contributed by atoms with van der Waals surface area (Å²) in [6, 6.07) is 14.6. The topological polar surface area (TPSA) is 56.8 Å². The molecule has 3 heterocycles. The van der Waals surface area contributed by atoms with Crippen molar-refractivity contribution in [2.75, 3.05) is 36.0 Å². The maximum absolute atomic E-state index is 13.0. The van der Waals surface area contributed by atoms with Crippen molar-refractivity contribution in [3.8, 4) is 0 Å². The van der Waals surface area contributed by atoms with Crippen LogP contribution in [0.25, 0.3) is 10.2 Å². The molecule has 0 unspecified atom stereocenters. The number of rotatable bonds is 3. The van der Waals surface area contributed by atoms with Gasteiger partial charge < -0.3 is 4.90 Å². The molecule has 0 aliphatic carbocycles. The highest BCUT2D eigenvalue weighted by Crippen LogP contribution is 2.31. The quantitative estimate of drug-likeness (QED) is 0.601. The molecule has 1 aromatic heterocycles. The highest BCUT2D eigenvalue weighted by atomic mass is 35.5. The summed E-state index contributed by atoms with van der Waals surface area (Å²) < 4.78 is 1.18. The summed E-state index contributed by atoms with van der Waals surface area (Å²) in [6.45, 7) is 3.04. The van der Waals surface area contributed by atoms with E-state index < -0.39 is 6.04 Å².